The van der Waals surface area contributed by atoms with Crippen LogP contribution in [-0.2, 0) is 26.2 Å². The van der Waals surface area contributed by atoms with E-state index in [0.717, 1.165) is 9.87 Å². The normalized spacial score (nSPS) is 12.2. The van der Waals surface area contributed by atoms with E-state index < -0.39 is 28.5 Å². The first-order valence-electron chi connectivity index (χ1n) is 12.5. The average Bonchev–Trinajstić information content (AvgIpc) is 2.86. The average molecular weight is 591 g/mol. The smallest absolute Gasteiger partial charge is 0.264 e. The Hall–Kier alpha value is -3.07. The maximum atomic E-state index is 14.0. The number of hydrogen-bond acceptors (Lipinski definition) is 4. The van der Waals surface area contributed by atoms with Gasteiger partial charge in [-0.05, 0) is 82.1 Å². The van der Waals surface area contributed by atoms with E-state index in [2.05, 4.69) is 5.32 Å². The SMILES string of the molecule is Cc1ccc(S(=O)(=O)N(CC(=O)N(Cc2ccccc2Cl)[C@@H](C)C(=O)NC(C)C)c2ccc(Cl)cc2C)cc1. The van der Waals surface area contributed by atoms with Crippen LogP contribution < -0.4 is 9.62 Å². The molecule has 208 valence electrons. The number of sulfonamides is 1. The quantitative estimate of drug-likeness (QED) is 0.326. The van der Waals surface area contributed by atoms with Gasteiger partial charge in [-0.15, -0.1) is 0 Å². The topological polar surface area (TPSA) is 86.8 Å². The standard InChI is InChI=1S/C29H33Cl2N3O4S/c1-19(2)32-29(36)22(5)33(17-23-8-6-7-9-26(23)31)28(35)18-34(27-15-12-24(30)16-21(27)4)39(37,38)25-13-10-20(3)11-14-25/h6-16,19,22H,17-18H2,1-5H3,(H,32,36)/t22-/m0/s1. The van der Waals surface area contributed by atoms with Crippen LogP contribution in [-0.4, -0.2) is 43.8 Å². The van der Waals surface area contributed by atoms with E-state index >= 15 is 0 Å². The Morgan fingerprint density at radius 1 is 0.923 bits per heavy atom. The van der Waals surface area contributed by atoms with Gasteiger partial charge in [-0.3, -0.25) is 13.9 Å². The Morgan fingerprint density at radius 2 is 1.56 bits per heavy atom. The fourth-order valence-electron chi connectivity index (χ4n) is 4.05. The second-order valence-electron chi connectivity index (χ2n) is 9.71. The van der Waals surface area contributed by atoms with E-state index in [1.54, 1.807) is 68.4 Å². The number of carbonyl (C=O) groups excluding carboxylic acids is 2. The molecule has 0 saturated heterocycles. The van der Waals surface area contributed by atoms with Crippen LogP contribution in [0.4, 0.5) is 5.69 Å². The number of rotatable bonds is 10. The zero-order chi connectivity index (χ0) is 28.9. The van der Waals surface area contributed by atoms with Crippen molar-refractivity contribution < 1.29 is 18.0 Å². The van der Waals surface area contributed by atoms with Gasteiger partial charge in [0.1, 0.15) is 12.6 Å². The zero-order valence-corrected chi connectivity index (χ0v) is 24.9. The summed E-state index contributed by atoms with van der Waals surface area (Å²) >= 11 is 12.5. The molecule has 3 aromatic rings. The number of amides is 2. The number of benzene rings is 3. The van der Waals surface area contributed by atoms with E-state index in [1.807, 2.05) is 20.8 Å². The summed E-state index contributed by atoms with van der Waals surface area (Å²) in [4.78, 5) is 28.3. The Bertz CT molecular complexity index is 1440. The van der Waals surface area contributed by atoms with Crippen molar-refractivity contribution in [2.45, 2.75) is 58.1 Å². The Balaban J connectivity index is 2.08. The molecule has 0 heterocycles. The van der Waals surface area contributed by atoms with Crippen LogP contribution in [0.2, 0.25) is 10.0 Å². The Labute approximate surface area is 240 Å². The summed E-state index contributed by atoms with van der Waals surface area (Å²) in [6.07, 6.45) is 0. The van der Waals surface area contributed by atoms with Crippen LogP contribution in [0.3, 0.4) is 0 Å². The first kappa shape index (κ1) is 30.5. The largest absolute Gasteiger partial charge is 0.352 e. The highest BCUT2D eigenvalue weighted by atomic mass is 35.5. The molecule has 2 amide bonds. The molecule has 0 aliphatic heterocycles. The summed E-state index contributed by atoms with van der Waals surface area (Å²) in [6.45, 7) is 8.32. The summed E-state index contributed by atoms with van der Waals surface area (Å²) in [7, 11) is -4.16. The minimum atomic E-state index is -4.16. The van der Waals surface area contributed by atoms with Gasteiger partial charge in [-0.25, -0.2) is 8.42 Å². The van der Waals surface area contributed by atoms with Crippen molar-refractivity contribution in [3.8, 4) is 0 Å². The molecule has 0 fully saturated rings. The first-order valence-corrected chi connectivity index (χ1v) is 14.7. The van der Waals surface area contributed by atoms with Crippen LogP contribution >= 0.6 is 23.2 Å². The highest BCUT2D eigenvalue weighted by molar-refractivity contribution is 7.92. The van der Waals surface area contributed by atoms with Gasteiger partial charge in [0, 0.05) is 22.6 Å². The van der Waals surface area contributed by atoms with E-state index in [1.165, 1.54) is 17.0 Å². The maximum absolute atomic E-state index is 14.0. The highest BCUT2D eigenvalue weighted by Gasteiger charge is 2.33. The third-order valence-corrected chi connectivity index (χ3v) is 8.59. The molecular formula is C29H33Cl2N3O4S. The molecule has 0 aliphatic rings. The fraction of sp³-hybridized carbons (Fsp3) is 0.310. The van der Waals surface area contributed by atoms with E-state index in [9.17, 15) is 18.0 Å². The van der Waals surface area contributed by atoms with Gasteiger partial charge < -0.3 is 10.2 Å². The molecule has 0 aliphatic carbocycles. The van der Waals surface area contributed by atoms with Crippen molar-refractivity contribution in [2.24, 2.45) is 0 Å². The van der Waals surface area contributed by atoms with Gasteiger partial charge in [0.2, 0.25) is 11.8 Å². The van der Waals surface area contributed by atoms with Crippen molar-refractivity contribution in [1.82, 2.24) is 10.2 Å². The summed E-state index contributed by atoms with van der Waals surface area (Å²) in [5.74, 6) is -0.924. The molecule has 0 spiro atoms. The predicted octanol–water partition coefficient (Wildman–Crippen LogP) is 5.75. The number of nitrogens with zero attached hydrogens (tertiary/aromatic N) is 2. The molecule has 0 saturated carbocycles. The molecule has 1 atom stereocenters. The molecule has 3 rings (SSSR count). The van der Waals surface area contributed by atoms with Crippen molar-refractivity contribution in [3.63, 3.8) is 0 Å². The van der Waals surface area contributed by atoms with Gasteiger partial charge in [0.25, 0.3) is 10.0 Å². The van der Waals surface area contributed by atoms with E-state index in [-0.39, 0.29) is 23.4 Å². The second-order valence-corrected chi connectivity index (χ2v) is 12.4. The maximum Gasteiger partial charge on any atom is 0.264 e. The molecule has 0 unspecified atom stereocenters. The summed E-state index contributed by atoms with van der Waals surface area (Å²) < 4.78 is 28.9. The van der Waals surface area contributed by atoms with Crippen LogP contribution in [0.25, 0.3) is 0 Å². The van der Waals surface area contributed by atoms with Gasteiger partial charge >= 0.3 is 0 Å². The number of halogens is 2. The zero-order valence-electron chi connectivity index (χ0n) is 22.6. The lowest BCUT2D eigenvalue weighted by atomic mass is 10.1. The second kappa shape index (κ2) is 12.9. The summed E-state index contributed by atoms with van der Waals surface area (Å²) in [5, 5.41) is 3.70. The van der Waals surface area contributed by atoms with Crippen molar-refractivity contribution in [1.29, 1.82) is 0 Å². The number of carbonyl (C=O) groups is 2. The van der Waals surface area contributed by atoms with Gasteiger partial charge in [0.05, 0.1) is 10.6 Å². The van der Waals surface area contributed by atoms with Crippen molar-refractivity contribution in [3.05, 3.63) is 93.5 Å². The molecule has 39 heavy (non-hydrogen) atoms. The first-order chi connectivity index (χ1) is 18.3. The van der Waals surface area contributed by atoms with Crippen molar-refractivity contribution >= 4 is 50.7 Å². The highest BCUT2D eigenvalue weighted by Crippen LogP contribution is 2.30. The van der Waals surface area contributed by atoms with Crippen LogP contribution in [0.1, 0.15) is 37.5 Å². The third kappa shape index (κ3) is 7.53. The van der Waals surface area contributed by atoms with Gasteiger partial charge in [0.15, 0.2) is 0 Å². The molecule has 3 aromatic carbocycles. The predicted molar refractivity (Wildman–Crippen MR) is 157 cm³/mol. The van der Waals surface area contributed by atoms with Crippen LogP contribution in [0.15, 0.2) is 71.6 Å². The molecular weight excluding hydrogens is 557 g/mol. The van der Waals surface area contributed by atoms with E-state index in [0.29, 0.717) is 26.9 Å². The number of aryl methyl sites for hydroxylation is 2. The molecule has 10 heteroatoms. The number of hydrogen-bond donors (Lipinski definition) is 1. The molecule has 0 radical (unpaired) electrons. The van der Waals surface area contributed by atoms with Gasteiger partial charge in [-0.2, -0.15) is 0 Å². The fourth-order valence-corrected chi connectivity index (χ4v) is 5.95. The summed E-state index contributed by atoms with van der Waals surface area (Å²) in [5.41, 5.74) is 2.42. The van der Waals surface area contributed by atoms with Gasteiger partial charge in [-0.1, -0.05) is 59.1 Å². The third-order valence-electron chi connectivity index (χ3n) is 6.21. The Morgan fingerprint density at radius 3 is 2.15 bits per heavy atom. The monoisotopic (exact) mass is 589 g/mol. The molecule has 0 bridgehead atoms. The minimum Gasteiger partial charge on any atom is -0.352 e. The molecule has 0 aromatic heterocycles. The lowest BCUT2D eigenvalue weighted by molar-refractivity contribution is -0.139. The lowest BCUT2D eigenvalue weighted by Crippen LogP contribution is -2.52. The lowest BCUT2D eigenvalue weighted by Gasteiger charge is -2.33. The summed E-state index contributed by atoms with van der Waals surface area (Å²) in [6, 6.07) is 17.2. The number of anilines is 1. The molecule has 7 nitrogen and oxygen atoms in total. The number of nitrogens with one attached hydrogen (secondary N) is 1. The molecule has 1 N–H and O–H groups in total. The van der Waals surface area contributed by atoms with Crippen molar-refractivity contribution in [2.75, 3.05) is 10.8 Å². The van der Waals surface area contributed by atoms with Crippen LogP contribution in [0, 0.1) is 13.8 Å². The van der Waals surface area contributed by atoms with Crippen LogP contribution in [0.5, 0.6) is 0 Å². The minimum absolute atomic E-state index is 0.0171. The van der Waals surface area contributed by atoms with E-state index in [4.69, 9.17) is 23.2 Å². The Kier molecular flexibility index (Phi) is 10.0.